The molecule has 0 bridgehead atoms. The molecule has 98 valence electrons. The van der Waals surface area contributed by atoms with Gasteiger partial charge in [-0.25, -0.2) is 0 Å². The Hall–Kier alpha value is -0.830. The Kier molecular flexibility index (Phi) is 3.42. The summed E-state index contributed by atoms with van der Waals surface area (Å²) < 4.78 is 1.00. The van der Waals surface area contributed by atoms with Crippen LogP contribution in [0.1, 0.15) is 16.7 Å². The molecule has 0 fully saturated rings. The van der Waals surface area contributed by atoms with Crippen LogP contribution in [0.2, 0.25) is 5.02 Å². The number of hydrogen-bond donors (Lipinski definition) is 1. The number of benzene rings is 2. The molecule has 0 aromatic heterocycles. The Labute approximate surface area is 126 Å². The summed E-state index contributed by atoms with van der Waals surface area (Å²) in [6.07, 6.45) is 2.67. The minimum Gasteiger partial charge on any atom is -0.324 e. The average molecular weight is 337 g/mol. The van der Waals surface area contributed by atoms with Crippen LogP contribution in [0.25, 0.3) is 0 Å². The molecule has 0 heterocycles. The summed E-state index contributed by atoms with van der Waals surface area (Å²) >= 11 is 9.73. The van der Waals surface area contributed by atoms with Crippen LogP contribution >= 0.6 is 27.5 Å². The molecule has 0 spiro atoms. The van der Waals surface area contributed by atoms with Gasteiger partial charge in [-0.3, -0.25) is 0 Å². The van der Waals surface area contributed by atoms with Crippen molar-refractivity contribution in [1.82, 2.24) is 0 Å². The van der Waals surface area contributed by atoms with E-state index >= 15 is 0 Å². The van der Waals surface area contributed by atoms with E-state index < -0.39 is 0 Å². The molecule has 0 saturated carbocycles. The Morgan fingerprint density at radius 2 is 1.74 bits per heavy atom. The molecule has 0 aliphatic heterocycles. The fourth-order valence-electron chi connectivity index (χ4n) is 2.89. The smallest absolute Gasteiger partial charge is 0.0449 e. The van der Waals surface area contributed by atoms with Gasteiger partial charge in [0, 0.05) is 15.0 Å². The van der Waals surface area contributed by atoms with Crippen LogP contribution in [0.3, 0.4) is 0 Å². The van der Waals surface area contributed by atoms with Crippen LogP contribution in [0.15, 0.2) is 46.9 Å². The lowest BCUT2D eigenvalue weighted by Crippen LogP contribution is -2.43. The van der Waals surface area contributed by atoms with Crippen molar-refractivity contribution in [3.05, 3.63) is 68.7 Å². The van der Waals surface area contributed by atoms with Crippen LogP contribution in [-0.2, 0) is 19.3 Å². The van der Waals surface area contributed by atoms with Gasteiger partial charge in [0.05, 0.1) is 0 Å². The van der Waals surface area contributed by atoms with E-state index in [9.17, 15) is 0 Å². The summed E-state index contributed by atoms with van der Waals surface area (Å²) in [6, 6.07) is 14.5. The third kappa shape index (κ3) is 2.71. The summed E-state index contributed by atoms with van der Waals surface area (Å²) in [5, 5.41) is 0.787. The normalized spacial score (nSPS) is 16.4. The Morgan fingerprint density at radius 3 is 2.32 bits per heavy atom. The number of fused-ring (bicyclic) bond motifs is 1. The van der Waals surface area contributed by atoms with E-state index in [0.29, 0.717) is 0 Å². The summed E-state index contributed by atoms with van der Waals surface area (Å²) in [6.45, 7) is 0. The number of halogens is 2. The van der Waals surface area contributed by atoms with Crippen LogP contribution in [-0.4, -0.2) is 5.54 Å². The van der Waals surface area contributed by atoms with Gasteiger partial charge in [0.1, 0.15) is 0 Å². The molecule has 0 unspecified atom stereocenters. The number of nitrogens with two attached hydrogens (primary N) is 1. The predicted molar refractivity (Wildman–Crippen MR) is 83.6 cm³/mol. The SMILES string of the molecule is NC1(Cc2ccc(Br)cc2Cl)Cc2ccccc2C1. The van der Waals surface area contributed by atoms with Gasteiger partial charge in [-0.1, -0.05) is 57.9 Å². The monoisotopic (exact) mass is 335 g/mol. The zero-order valence-electron chi connectivity index (χ0n) is 10.5. The van der Waals surface area contributed by atoms with Crippen molar-refractivity contribution in [2.75, 3.05) is 0 Å². The van der Waals surface area contributed by atoms with Crippen molar-refractivity contribution in [2.24, 2.45) is 5.73 Å². The van der Waals surface area contributed by atoms with Gasteiger partial charge in [0.25, 0.3) is 0 Å². The highest BCUT2D eigenvalue weighted by molar-refractivity contribution is 9.10. The fourth-order valence-corrected chi connectivity index (χ4v) is 3.63. The second kappa shape index (κ2) is 4.93. The van der Waals surface area contributed by atoms with Crippen LogP contribution < -0.4 is 5.73 Å². The molecular formula is C16H15BrClN. The molecule has 0 radical (unpaired) electrons. The van der Waals surface area contributed by atoms with Gasteiger partial charge in [0.15, 0.2) is 0 Å². The first-order chi connectivity index (χ1) is 9.06. The minimum atomic E-state index is -0.207. The summed E-state index contributed by atoms with van der Waals surface area (Å²) in [5.74, 6) is 0. The van der Waals surface area contributed by atoms with Gasteiger partial charge in [-0.15, -0.1) is 0 Å². The minimum absolute atomic E-state index is 0.207. The second-order valence-electron chi connectivity index (χ2n) is 5.40. The van der Waals surface area contributed by atoms with Crippen molar-refractivity contribution in [2.45, 2.75) is 24.8 Å². The van der Waals surface area contributed by atoms with E-state index in [-0.39, 0.29) is 5.54 Å². The molecule has 0 atom stereocenters. The standard InChI is InChI=1S/C16H15BrClN/c17-14-6-5-13(15(18)7-14)10-16(19)8-11-3-1-2-4-12(11)9-16/h1-7H,8-10,19H2. The van der Waals surface area contributed by atoms with E-state index in [1.807, 2.05) is 12.1 Å². The lowest BCUT2D eigenvalue weighted by molar-refractivity contribution is 0.446. The highest BCUT2D eigenvalue weighted by Gasteiger charge is 2.33. The predicted octanol–water partition coefficient (Wildman–Crippen LogP) is 4.14. The average Bonchev–Trinajstić information content (AvgIpc) is 2.69. The Bertz CT molecular complexity index is 599. The van der Waals surface area contributed by atoms with Crippen LogP contribution in [0.5, 0.6) is 0 Å². The lowest BCUT2D eigenvalue weighted by Gasteiger charge is -2.24. The van der Waals surface area contributed by atoms with Gasteiger partial charge in [-0.2, -0.15) is 0 Å². The third-order valence-electron chi connectivity index (χ3n) is 3.76. The molecule has 3 heteroatoms. The largest absolute Gasteiger partial charge is 0.324 e. The first kappa shape index (κ1) is 13.2. The van der Waals surface area contributed by atoms with E-state index in [0.717, 1.165) is 34.3 Å². The maximum Gasteiger partial charge on any atom is 0.0449 e. The maximum absolute atomic E-state index is 6.58. The van der Waals surface area contributed by atoms with Crippen molar-refractivity contribution in [1.29, 1.82) is 0 Å². The molecule has 0 amide bonds. The zero-order chi connectivity index (χ0) is 13.5. The molecule has 2 aromatic rings. The molecule has 1 aliphatic rings. The summed E-state index contributed by atoms with van der Waals surface area (Å²) in [4.78, 5) is 0. The highest BCUT2D eigenvalue weighted by Crippen LogP contribution is 2.33. The van der Waals surface area contributed by atoms with Crippen molar-refractivity contribution < 1.29 is 0 Å². The summed E-state index contributed by atoms with van der Waals surface area (Å²) in [7, 11) is 0. The van der Waals surface area contributed by atoms with Gasteiger partial charge < -0.3 is 5.73 Å². The molecule has 3 rings (SSSR count). The fraction of sp³-hybridized carbons (Fsp3) is 0.250. The molecule has 19 heavy (non-hydrogen) atoms. The Balaban J connectivity index is 1.85. The Morgan fingerprint density at radius 1 is 1.11 bits per heavy atom. The topological polar surface area (TPSA) is 26.0 Å². The number of rotatable bonds is 2. The van der Waals surface area contributed by atoms with Crippen molar-refractivity contribution in [3.8, 4) is 0 Å². The van der Waals surface area contributed by atoms with Crippen molar-refractivity contribution in [3.63, 3.8) is 0 Å². The zero-order valence-corrected chi connectivity index (χ0v) is 12.8. The highest BCUT2D eigenvalue weighted by atomic mass is 79.9. The molecule has 2 aromatic carbocycles. The lowest BCUT2D eigenvalue weighted by atomic mass is 9.89. The quantitative estimate of drug-likeness (QED) is 0.876. The second-order valence-corrected chi connectivity index (χ2v) is 6.72. The van der Waals surface area contributed by atoms with Crippen LogP contribution in [0.4, 0.5) is 0 Å². The first-order valence-electron chi connectivity index (χ1n) is 6.35. The molecule has 1 aliphatic carbocycles. The van der Waals surface area contributed by atoms with E-state index in [1.54, 1.807) is 0 Å². The third-order valence-corrected chi connectivity index (χ3v) is 4.61. The molecule has 0 saturated heterocycles. The van der Waals surface area contributed by atoms with Crippen LogP contribution in [0, 0.1) is 0 Å². The van der Waals surface area contributed by atoms with Gasteiger partial charge in [0.2, 0.25) is 0 Å². The van der Waals surface area contributed by atoms with E-state index in [4.69, 9.17) is 17.3 Å². The molecule has 1 nitrogen and oxygen atoms in total. The number of hydrogen-bond acceptors (Lipinski definition) is 1. The van der Waals surface area contributed by atoms with Gasteiger partial charge in [-0.05, 0) is 48.1 Å². The van der Waals surface area contributed by atoms with Crippen molar-refractivity contribution >= 4 is 27.5 Å². The van der Waals surface area contributed by atoms with E-state index in [2.05, 4.69) is 46.3 Å². The first-order valence-corrected chi connectivity index (χ1v) is 7.52. The van der Waals surface area contributed by atoms with E-state index in [1.165, 1.54) is 11.1 Å². The molecule has 2 N–H and O–H groups in total. The maximum atomic E-state index is 6.58. The molecular weight excluding hydrogens is 322 g/mol. The summed E-state index contributed by atoms with van der Waals surface area (Å²) in [5.41, 5.74) is 10.2. The van der Waals surface area contributed by atoms with Gasteiger partial charge >= 0.3 is 0 Å².